The van der Waals surface area contributed by atoms with Gasteiger partial charge in [-0.15, -0.1) is 0 Å². The van der Waals surface area contributed by atoms with Crippen LogP contribution in [0.1, 0.15) is 506 Å². The van der Waals surface area contributed by atoms with Crippen LogP contribution < -0.4 is 0 Å². The fourth-order valence-electron chi connectivity index (χ4n) is 14.9. The van der Waals surface area contributed by atoms with Crippen molar-refractivity contribution in [2.75, 3.05) is 0 Å². The van der Waals surface area contributed by atoms with E-state index < -0.39 is 0 Å². The molecule has 0 fully saturated rings. The average molecular weight is 1400 g/mol. The zero-order chi connectivity index (χ0) is 70.2. The van der Waals surface area contributed by atoms with Crippen LogP contribution in [-0.2, 0) is 42.2 Å². The third-order valence-electron chi connectivity index (χ3n) is 21.3. The predicted molar refractivity (Wildman–Crippen MR) is 441 cm³/mol. The molecule has 2 nitrogen and oxygen atoms in total. The summed E-state index contributed by atoms with van der Waals surface area (Å²) >= 11 is 0. The monoisotopic (exact) mass is 1400 g/mol. The van der Waals surface area contributed by atoms with E-state index in [1.54, 1.807) is 0 Å². The summed E-state index contributed by atoms with van der Waals surface area (Å²) in [5, 5.41) is 0. The van der Waals surface area contributed by atoms with Gasteiger partial charge in [0, 0.05) is 22.8 Å². The molecule has 2 aromatic rings. The molecule has 98 heavy (non-hydrogen) atoms. The van der Waals surface area contributed by atoms with E-state index in [-0.39, 0.29) is 16.5 Å². The molecule has 1 aliphatic rings. The molecule has 0 atom stereocenters. The van der Waals surface area contributed by atoms with Crippen LogP contribution in [-0.4, -0.2) is 4.70 Å². The van der Waals surface area contributed by atoms with Crippen LogP contribution in [0.4, 0.5) is 0 Å². The van der Waals surface area contributed by atoms with Crippen molar-refractivity contribution in [3.63, 3.8) is 0 Å². The Hall–Kier alpha value is -1.99. The fourth-order valence-corrected chi connectivity index (χ4v) is 14.9. The molecule has 0 bridgehead atoms. The smallest absolute Gasteiger partial charge is 0.493 e. The van der Waals surface area contributed by atoms with E-state index in [9.17, 15) is 5.53 Å². The summed E-state index contributed by atoms with van der Waals surface area (Å²) in [5.41, 5.74) is 23.0. The van der Waals surface area contributed by atoms with Gasteiger partial charge in [-0.05, 0) is 105 Å². The summed E-state index contributed by atoms with van der Waals surface area (Å²) < 4.78 is 1.52. The first-order chi connectivity index (χ1) is 47.8. The van der Waals surface area contributed by atoms with Gasteiger partial charge in [0.05, 0.1) is 0 Å². The zero-order valence-corrected chi connectivity index (χ0v) is 68.7. The van der Waals surface area contributed by atoms with Crippen molar-refractivity contribution in [2.24, 2.45) is 0 Å². The van der Waals surface area contributed by atoms with Gasteiger partial charge in [-0.25, -0.2) is 4.70 Å². The normalized spacial score (nSPS) is 12.1. The van der Waals surface area contributed by atoms with Crippen molar-refractivity contribution in [1.82, 2.24) is 0 Å². The number of unbranched alkanes of at least 4 members (excludes halogenated alkanes) is 60. The molecule has 1 heterocycles. The summed E-state index contributed by atoms with van der Waals surface area (Å²) in [7, 11) is 0. The van der Waals surface area contributed by atoms with Gasteiger partial charge in [0.2, 0.25) is 11.4 Å². The van der Waals surface area contributed by atoms with E-state index in [0.717, 1.165) is 55.5 Å². The van der Waals surface area contributed by atoms with Gasteiger partial charge in [-0.3, -0.25) is 0 Å². The van der Waals surface area contributed by atoms with Crippen LogP contribution in [0.15, 0.2) is 48.0 Å². The molecule has 0 saturated carbocycles. The second kappa shape index (κ2) is 76.2. The second-order valence-corrected chi connectivity index (χ2v) is 31.2. The Morgan fingerprint density at radius 1 is 0.245 bits per heavy atom. The number of benzene rings is 2. The molecule has 0 aromatic heterocycles. The summed E-state index contributed by atoms with van der Waals surface area (Å²) in [5.74, 6) is 0. The standard InChI is InChI=1S/C45H70N2.2C25H51.Ni/c1-6-10-14-18-20-24-28-38-31-39(29-25-21-19-15-11-7-2)34-42(33-38)44-30-37(5)45(47(44)46)43-35-40(26-22-16-12-8-3)32-41(36-43)27-23-17-13-9-4;2*1-3-5-7-9-11-13-15-17-19-21-23-25-24-22-20-18-16-14-12-10-8-6-4-2;/h30-36H,6-29H2,1-5H3;2*1,3-25H2,2H3;/q;2*-1;+2. The van der Waals surface area contributed by atoms with Crippen molar-refractivity contribution in [2.45, 2.75) is 498 Å². The molecule has 1 aliphatic heterocycles. The predicted octanol–water partition coefficient (Wildman–Crippen LogP) is 34.2. The Bertz CT molecular complexity index is 1890. The van der Waals surface area contributed by atoms with E-state index in [1.165, 1.54) is 449 Å². The van der Waals surface area contributed by atoms with Gasteiger partial charge in [-0.1, -0.05) is 439 Å². The van der Waals surface area contributed by atoms with E-state index in [0.29, 0.717) is 0 Å². The molecule has 0 N–H and O–H groups in total. The molecule has 0 radical (unpaired) electrons. The van der Waals surface area contributed by atoms with E-state index in [2.05, 4.69) is 105 Å². The number of allylic oxidation sites excluding steroid dienone is 2. The molecule has 0 unspecified atom stereocenters. The topological polar surface area (TPSA) is 25.3 Å². The Morgan fingerprint density at radius 3 is 0.622 bits per heavy atom. The number of rotatable bonds is 70. The van der Waals surface area contributed by atoms with Crippen molar-refractivity contribution >= 4 is 11.4 Å². The average Bonchev–Trinajstić information content (AvgIpc) is 1.62. The molecular formula is C95H172N2Ni. The summed E-state index contributed by atoms with van der Waals surface area (Å²) in [6, 6.07) is 14.4. The van der Waals surface area contributed by atoms with Crippen molar-refractivity contribution < 1.29 is 21.2 Å². The van der Waals surface area contributed by atoms with E-state index >= 15 is 0 Å². The van der Waals surface area contributed by atoms with Crippen LogP contribution >= 0.6 is 0 Å². The summed E-state index contributed by atoms with van der Waals surface area (Å²) in [6.45, 7) is 23.7. The Balaban J connectivity index is 0.00000157. The van der Waals surface area contributed by atoms with E-state index in [4.69, 9.17) is 0 Å². The van der Waals surface area contributed by atoms with Crippen molar-refractivity contribution in [3.05, 3.63) is 101 Å². The molecule has 3 heteroatoms. The molecule has 0 amide bonds. The Kier molecular flexibility index (Phi) is 74.6. The third-order valence-corrected chi connectivity index (χ3v) is 21.3. The third kappa shape index (κ3) is 58.4. The van der Waals surface area contributed by atoms with Gasteiger partial charge in [0.1, 0.15) is 0 Å². The van der Waals surface area contributed by atoms with Gasteiger partial charge in [0.15, 0.2) is 0 Å². The molecular weight excluding hydrogens is 1230 g/mol. The Labute approximate surface area is 627 Å². The van der Waals surface area contributed by atoms with Crippen LogP contribution in [0, 0.1) is 13.8 Å². The minimum atomic E-state index is 0. The Morgan fingerprint density at radius 2 is 0.418 bits per heavy atom. The van der Waals surface area contributed by atoms with Crippen LogP contribution in [0.25, 0.3) is 16.9 Å². The SMILES string of the molecule is CCCCCCCCc1cc(CCCCCCCC)cc(C2=CC(C)=C(c3cc(CCCCCC)cc(CCCCCC)c3)[N+]2=[N-])c1.[CH2-]CCCCCCCCCCCCCCCCCCCCCCCC.[CH2-]CCCCCCCCCCCCCCCCCCCCCCCC.[Ni+2]. The first-order valence-electron chi connectivity index (χ1n) is 44.6. The zero-order valence-electron chi connectivity index (χ0n) is 67.7. The van der Waals surface area contributed by atoms with Gasteiger partial charge < -0.3 is 19.4 Å². The molecule has 0 aliphatic carbocycles. The molecule has 572 valence electrons. The summed E-state index contributed by atoms with van der Waals surface area (Å²) in [6.07, 6.45) is 99.4. The molecule has 3 rings (SSSR count). The number of nitrogens with zero attached hydrogens (tertiary/aromatic N) is 2. The van der Waals surface area contributed by atoms with Crippen molar-refractivity contribution in [3.8, 4) is 0 Å². The van der Waals surface area contributed by atoms with Crippen LogP contribution in [0.5, 0.6) is 0 Å². The summed E-state index contributed by atoms with van der Waals surface area (Å²) in [4.78, 5) is 0. The van der Waals surface area contributed by atoms with Gasteiger partial charge in [-0.2, -0.15) is 12.8 Å². The maximum atomic E-state index is 11.9. The van der Waals surface area contributed by atoms with Crippen LogP contribution in [0.3, 0.4) is 0 Å². The maximum absolute atomic E-state index is 11.9. The largest absolute Gasteiger partial charge is 2.00 e. The molecule has 2 aromatic carbocycles. The molecule has 0 spiro atoms. The fraction of sp³-hybridized carbons (Fsp3) is 0.811. The minimum Gasteiger partial charge on any atom is -0.493 e. The number of hydrogen-bond donors (Lipinski definition) is 0. The van der Waals surface area contributed by atoms with Gasteiger partial charge in [0.25, 0.3) is 0 Å². The van der Waals surface area contributed by atoms with E-state index in [1.807, 2.05) is 0 Å². The van der Waals surface area contributed by atoms with Crippen molar-refractivity contribution in [1.29, 1.82) is 0 Å². The quantitative estimate of drug-likeness (QED) is 0.0273. The van der Waals surface area contributed by atoms with Crippen LogP contribution in [0.2, 0.25) is 0 Å². The number of aryl methyl sites for hydroxylation is 4. The first-order valence-corrected chi connectivity index (χ1v) is 44.6. The molecule has 0 saturated heterocycles. The minimum absolute atomic E-state index is 0. The number of hydrogen-bond acceptors (Lipinski definition) is 0. The maximum Gasteiger partial charge on any atom is 2.00 e. The van der Waals surface area contributed by atoms with Gasteiger partial charge >= 0.3 is 16.5 Å². The second-order valence-electron chi connectivity index (χ2n) is 31.2. The first kappa shape index (κ1) is 96.0.